The highest BCUT2D eigenvalue weighted by atomic mass is 127. The van der Waals surface area contributed by atoms with Crippen LogP contribution in [0.3, 0.4) is 0 Å². The highest BCUT2D eigenvalue weighted by Gasteiger charge is 2.18. The summed E-state index contributed by atoms with van der Waals surface area (Å²) in [6, 6.07) is 24.7. The Kier molecular flexibility index (Phi) is 21.2. The van der Waals surface area contributed by atoms with Gasteiger partial charge in [0.05, 0.1) is 22.7 Å². The molecule has 2 aliphatic heterocycles. The Balaban J connectivity index is 0.000000219. The molecule has 14 heteroatoms. The van der Waals surface area contributed by atoms with Crippen LogP contribution in [0, 0.1) is 14.1 Å². The number of furan rings is 1. The van der Waals surface area contributed by atoms with E-state index in [1.807, 2.05) is 95.1 Å². The van der Waals surface area contributed by atoms with E-state index in [9.17, 15) is 9.59 Å². The van der Waals surface area contributed by atoms with Gasteiger partial charge in [0.25, 0.3) is 0 Å². The Hall–Kier alpha value is -2.73. The Morgan fingerprint density at radius 1 is 0.735 bits per heavy atom. The van der Waals surface area contributed by atoms with Gasteiger partial charge in [-0.05, 0) is 114 Å². The molecular formula is C35H44B2I2N2O8. The number of nitrogens with one attached hydrogen (secondary N) is 1. The molecule has 6 N–H and O–H groups in total. The molecule has 2 aliphatic rings. The van der Waals surface area contributed by atoms with Crippen LogP contribution in [0.25, 0.3) is 0 Å². The normalized spacial score (nSPS) is 12.8. The third kappa shape index (κ3) is 18.2. The summed E-state index contributed by atoms with van der Waals surface area (Å²) in [6.45, 7) is 6.32. The van der Waals surface area contributed by atoms with E-state index in [1.54, 1.807) is 18.2 Å². The van der Waals surface area contributed by atoms with Crippen molar-refractivity contribution in [3.05, 3.63) is 115 Å². The van der Waals surface area contributed by atoms with Crippen molar-refractivity contribution >= 4 is 82.2 Å². The third-order valence-corrected chi connectivity index (χ3v) is 9.02. The van der Waals surface area contributed by atoms with E-state index in [0.29, 0.717) is 17.3 Å². The highest BCUT2D eigenvalue weighted by Crippen LogP contribution is 2.10. The molecule has 1 amide bonds. The standard InChI is InChI=1S/C12H15NO.C8H8O2.C7H8BIO2.C4H4BIO3.C4H9N/c14-12(13-8-4-5-9-13)10-11-6-2-1-3-7-11;9-8(10)6-7-4-2-1-3-5-7;1-5-2-3-7(9)6(4-5)8(10)11;6-4-2-9-1-3(4)5(7)8;1-2-4-5-3-1/h1-3,6-7H,4-5,8-10H2;1-5H,6H2,(H,9,10);2-4,10-11H,1H3;1-2,7-8H;5H,1-4H2. The van der Waals surface area contributed by atoms with Crippen LogP contribution in [0.2, 0.25) is 0 Å². The number of aryl methyl sites for hydroxylation is 1. The Labute approximate surface area is 316 Å². The van der Waals surface area contributed by atoms with Gasteiger partial charge in [-0.1, -0.05) is 78.4 Å². The lowest BCUT2D eigenvalue weighted by atomic mass is 9.80. The molecule has 0 unspecified atom stereocenters. The predicted molar refractivity (Wildman–Crippen MR) is 211 cm³/mol. The molecule has 2 fully saturated rings. The molecule has 10 nitrogen and oxygen atoms in total. The van der Waals surface area contributed by atoms with Crippen LogP contribution in [0.1, 0.15) is 42.4 Å². The molecular weight excluding hydrogens is 852 g/mol. The molecule has 6 rings (SSSR count). The fraction of sp³-hybridized carbons (Fsp3) is 0.314. The van der Waals surface area contributed by atoms with Gasteiger partial charge in [-0.25, -0.2) is 0 Å². The van der Waals surface area contributed by atoms with Crippen LogP contribution in [0.15, 0.2) is 95.8 Å². The maximum atomic E-state index is 11.7. The molecule has 4 aromatic rings. The summed E-state index contributed by atoms with van der Waals surface area (Å²) in [4.78, 5) is 23.9. The minimum Gasteiger partial charge on any atom is -0.481 e. The Bertz CT molecular complexity index is 1490. The average Bonchev–Trinajstić information content (AvgIpc) is 3.89. The van der Waals surface area contributed by atoms with E-state index >= 15 is 0 Å². The van der Waals surface area contributed by atoms with Crippen molar-refractivity contribution in [2.75, 3.05) is 26.2 Å². The summed E-state index contributed by atoms with van der Waals surface area (Å²) in [5.74, 6) is -0.514. The maximum absolute atomic E-state index is 11.7. The van der Waals surface area contributed by atoms with Crippen molar-refractivity contribution in [3.8, 4) is 0 Å². The maximum Gasteiger partial charge on any atom is 0.492 e. The second-order valence-corrected chi connectivity index (χ2v) is 13.5. The number of amides is 1. The molecule has 0 saturated carbocycles. The van der Waals surface area contributed by atoms with Gasteiger partial charge < -0.3 is 39.8 Å². The third-order valence-electron chi connectivity index (χ3n) is 7.16. The number of carboxylic acid groups (broad SMARTS) is 1. The van der Waals surface area contributed by atoms with Crippen LogP contribution in [-0.4, -0.2) is 82.4 Å². The summed E-state index contributed by atoms with van der Waals surface area (Å²) in [7, 11) is -2.78. The summed E-state index contributed by atoms with van der Waals surface area (Å²) in [5, 5.41) is 46.5. The minimum absolute atomic E-state index is 0.112. The van der Waals surface area contributed by atoms with Crippen LogP contribution in [0.4, 0.5) is 0 Å². The molecule has 0 spiro atoms. The first-order valence-corrected chi connectivity index (χ1v) is 18.1. The zero-order valence-electron chi connectivity index (χ0n) is 27.5. The smallest absolute Gasteiger partial charge is 0.481 e. The second kappa shape index (κ2) is 24.4. The first kappa shape index (κ1) is 42.4. The molecule has 0 radical (unpaired) electrons. The van der Waals surface area contributed by atoms with Crippen molar-refractivity contribution in [2.24, 2.45) is 0 Å². The number of rotatable bonds is 6. The second-order valence-electron chi connectivity index (χ2n) is 11.2. The number of benzene rings is 3. The Morgan fingerprint density at radius 3 is 1.65 bits per heavy atom. The zero-order chi connectivity index (χ0) is 36.0. The Morgan fingerprint density at radius 2 is 1.27 bits per heavy atom. The molecule has 0 aliphatic carbocycles. The van der Waals surface area contributed by atoms with Crippen LogP contribution in [-0.2, 0) is 22.4 Å². The monoisotopic (exact) mass is 896 g/mol. The van der Waals surface area contributed by atoms with Crippen molar-refractivity contribution in [2.45, 2.75) is 45.4 Å². The van der Waals surface area contributed by atoms with E-state index < -0.39 is 20.2 Å². The molecule has 0 atom stereocenters. The van der Waals surface area contributed by atoms with Gasteiger partial charge in [-0.3, -0.25) is 9.59 Å². The first-order chi connectivity index (χ1) is 23.5. The average molecular weight is 896 g/mol. The topological polar surface area (TPSA) is 164 Å². The highest BCUT2D eigenvalue weighted by molar-refractivity contribution is 14.1. The molecule has 3 heterocycles. The van der Waals surface area contributed by atoms with Crippen LogP contribution < -0.4 is 16.2 Å². The van der Waals surface area contributed by atoms with Crippen LogP contribution >= 0.6 is 45.2 Å². The van der Waals surface area contributed by atoms with Gasteiger partial charge in [-0.2, -0.15) is 0 Å². The van der Waals surface area contributed by atoms with Gasteiger partial charge in [0.1, 0.15) is 6.26 Å². The van der Waals surface area contributed by atoms with Crippen molar-refractivity contribution in [1.82, 2.24) is 10.2 Å². The van der Waals surface area contributed by atoms with E-state index in [4.69, 9.17) is 25.2 Å². The minimum atomic E-state index is -1.42. The number of halogens is 2. The number of hydrogen-bond donors (Lipinski definition) is 6. The molecule has 0 bridgehead atoms. The zero-order valence-corrected chi connectivity index (χ0v) is 31.9. The van der Waals surface area contributed by atoms with E-state index in [2.05, 4.69) is 32.3 Å². The fourth-order valence-corrected chi connectivity index (χ4v) is 5.75. The van der Waals surface area contributed by atoms with Gasteiger partial charge in [0.2, 0.25) is 5.91 Å². The predicted octanol–water partition coefficient (Wildman–Crippen LogP) is 3.38. The van der Waals surface area contributed by atoms with E-state index in [-0.39, 0.29) is 12.3 Å². The van der Waals surface area contributed by atoms with E-state index in [0.717, 1.165) is 36.9 Å². The molecule has 2 saturated heterocycles. The van der Waals surface area contributed by atoms with Crippen LogP contribution in [0.5, 0.6) is 0 Å². The number of carboxylic acids is 1. The molecule has 49 heavy (non-hydrogen) atoms. The van der Waals surface area contributed by atoms with Gasteiger partial charge in [0, 0.05) is 22.1 Å². The van der Waals surface area contributed by atoms with Gasteiger partial charge >= 0.3 is 20.2 Å². The number of carbonyl (C=O) groups excluding carboxylic acids is 1. The summed E-state index contributed by atoms with van der Waals surface area (Å²) in [5.41, 5.74) is 3.98. The largest absolute Gasteiger partial charge is 0.492 e. The van der Waals surface area contributed by atoms with E-state index in [1.165, 1.54) is 51.3 Å². The van der Waals surface area contributed by atoms with Crippen molar-refractivity contribution < 1.29 is 39.2 Å². The number of carbonyl (C=O) groups is 2. The molecule has 262 valence electrons. The first-order valence-electron chi connectivity index (χ1n) is 16.0. The molecule has 1 aromatic heterocycles. The quantitative estimate of drug-likeness (QED) is 0.126. The lowest BCUT2D eigenvalue weighted by Gasteiger charge is -2.14. The number of aliphatic carboxylic acids is 1. The van der Waals surface area contributed by atoms with Crippen molar-refractivity contribution in [1.29, 1.82) is 0 Å². The van der Waals surface area contributed by atoms with Gasteiger partial charge in [-0.15, -0.1) is 0 Å². The molecule has 3 aromatic carbocycles. The number of likely N-dealkylation sites (tertiary alicyclic amines) is 1. The van der Waals surface area contributed by atoms with Gasteiger partial charge in [0.15, 0.2) is 0 Å². The summed E-state index contributed by atoms with van der Waals surface area (Å²) in [6.07, 6.45) is 8.55. The lowest BCUT2D eigenvalue weighted by molar-refractivity contribution is -0.136. The SMILES string of the molecule is C1CCNC1.Cc1ccc(I)c(B(O)O)c1.O=C(Cc1ccccc1)N1CCCC1.O=C(O)Cc1ccccc1.OB(O)c1cocc1I. The van der Waals surface area contributed by atoms with Crippen molar-refractivity contribution in [3.63, 3.8) is 0 Å². The number of nitrogens with zero attached hydrogens (tertiary/aromatic N) is 1. The lowest BCUT2D eigenvalue weighted by Crippen LogP contribution is -2.32. The summed E-state index contributed by atoms with van der Waals surface area (Å²) < 4.78 is 6.28. The number of hydrogen-bond acceptors (Lipinski definition) is 8. The summed E-state index contributed by atoms with van der Waals surface area (Å²) >= 11 is 4.03. The fourth-order valence-electron chi connectivity index (χ4n) is 4.58.